The Morgan fingerprint density at radius 2 is 1.24 bits per heavy atom. The van der Waals surface area contributed by atoms with Crippen molar-refractivity contribution in [3.05, 3.63) is 0 Å². The zero-order valence-electron chi connectivity index (χ0n) is 14.2. The smallest absolute Gasteiger partial charge is 0.309 e. The molecule has 0 heterocycles. The molecule has 0 aromatic carbocycles. The molecule has 4 nitrogen and oxygen atoms in total. The summed E-state index contributed by atoms with van der Waals surface area (Å²) in [6.45, 7) is 7.58. The van der Waals surface area contributed by atoms with Gasteiger partial charge in [-0.1, -0.05) is 65.7 Å². The Bertz CT molecular complexity index is 278. The number of carbonyl (C=O) groups excluding carboxylic acids is 2. The van der Waals surface area contributed by atoms with Gasteiger partial charge in [0.25, 0.3) is 0 Å². The van der Waals surface area contributed by atoms with Gasteiger partial charge in [0.1, 0.15) is 0 Å². The van der Waals surface area contributed by atoms with Crippen molar-refractivity contribution in [1.82, 2.24) is 10.6 Å². The van der Waals surface area contributed by atoms with Crippen molar-refractivity contribution in [3.63, 3.8) is 0 Å². The van der Waals surface area contributed by atoms with Crippen molar-refractivity contribution in [2.45, 2.75) is 78.6 Å². The molecule has 0 atom stereocenters. The van der Waals surface area contributed by atoms with Gasteiger partial charge in [0, 0.05) is 13.1 Å². The van der Waals surface area contributed by atoms with Crippen LogP contribution in [0.3, 0.4) is 0 Å². The summed E-state index contributed by atoms with van der Waals surface area (Å²) in [7, 11) is 0. The number of nitrogens with one attached hydrogen (secondary N) is 2. The molecule has 2 N–H and O–H groups in total. The van der Waals surface area contributed by atoms with Gasteiger partial charge in [-0.2, -0.15) is 0 Å². The average molecular weight is 298 g/mol. The molecule has 0 aliphatic heterocycles. The number of unbranched alkanes of at least 4 members (excludes halogenated alkanes) is 7. The van der Waals surface area contributed by atoms with Gasteiger partial charge in [-0.05, 0) is 18.8 Å². The topological polar surface area (TPSA) is 58.2 Å². The van der Waals surface area contributed by atoms with E-state index < -0.39 is 11.8 Å². The van der Waals surface area contributed by atoms with Crippen LogP contribution in [0.15, 0.2) is 0 Å². The second-order valence-electron chi connectivity index (χ2n) is 6.17. The summed E-state index contributed by atoms with van der Waals surface area (Å²) in [5.74, 6) is -0.470. The van der Waals surface area contributed by atoms with E-state index >= 15 is 0 Å². The van der Waals surface area contributed by atoms with Crippen LogP contribution in [0.2, 0.25) is 0 Å². The number of hydrogen-bond donors (Lipinski definition) is 2. The zero-order valence-corrected chi connectivity index (χ0v) is 14.2. The fourth-order valence-corrected chi connectivity index (χ4v) is 2.10. The molecular weight excluding hydrogens is 264 g/mol. The van der Waals surface area contributed by atoms with Gasteiger partial charge >= 0.3 is 11.8 Å². The molecule has 0 saturated carbocycles. The molecule has 0 aromatic rings. The second kappa shape index (κ2) is 13.9. The summed E-state index contributed by atoms with van der Waals surface area (Å²) in [6, 6.07) is 0. The number of amides is 2. The van der Waals surface area contributed by atoms with Gasteiger partial charge in [-0.15, -0.1) is 0 Å². The highest BCUT2D eigenvalue weighted by molar-refractivity contribution is 6.35. The van der Waals surface area contributed by atoms with E-state index in [1.807, 2.05) is 0 Å². The maximum atomic E-state index is 11.5. The molecule has 0 unspecified atom stereocenters. The van der Waals surface area contributed by atoms with Crippen LogP contribution in [0.1, 0.15) is 78.6 Å². The maximum absolute atomic E-state index is 11.5. The van der Waals surface area contributed by atoms with Crippen LogP contribution in [-0.2, 0) is 9.59 Å². The summed E-state index contributed by atoms with van der Waals surface area (Å²) in [4.78, 5) is 23.0. The van der Waals surface area contributed by atoms with Crippen molar-refractivity contribution in [2.75, 3.05) is 13.1 Å². The number of hydrogen-bond acceptors (Lipinski definition) is 2. The van der Waals surface area contributed by atoms with Crippen LogP contribution in [0.25, 0.3) is 0 Å². The minimum atomic E-state index is -0.504. The van der Waals surface area contributed by atoms with Crippen molar-refractivity contribution in [3.8, 4) is 0 Å². The Kier molecular flexibility index (Phi) is 13.2. The van der Waals surface area contributed by atoms with E-state index in [4.69, 9.17) is 0 Å². The third-order valence-electron chi connectivity index (χ3n) is 3.53. The molecule has 0 bridgehead atoms. The predicted molar refractivity (Wildman–Crippen MR) is 88.1 cm³/mol. The lowest BCUT2D eigenvalue weighted by atomic mass is 10.1. The Morgan fingerprint density at radius 1 is 0.762 bits per heavy atom. The average Bonchev–Trinajstić information content (AvgIpc) is 2.44. The first-order valence-electron chi connectivity index (χ1n) is 8.64. The van der Waals surface area contributed by atoms with Crippen molar-refractivity contribution in [2.24, 2.45) is 5.92 Å². The first-order valence-corrected chi connectivity index (χ1v) is 8.64. The summed E-state index contributed by atoms with van der Waals surface area (Å²) in [5, 5.41) is 5.32. The standard InChI is InChI=1S/C17H34N2O2/c1-4-5-6-7-8-9-10-11-13-18-16(20)17(21)19-14-12-15(2)3/h15H,4-14H2,1-3H3,(H,18,20)(H,19,21). The molecule has 0 aliphatic carbocycles. The highest BCUT2D eigenvalue weighted by atomic mass is 16.2. The van der Waals surface area contributed by atoms with Crippen LogP contribution in [0.5, 0.6) is 0 Å². The fourth-order valence-electron chi connectivity index (χ4n) is 2.10. The highest BCUT2D eigenvalue weighted by Crippen LogP contribution is 2.07. The van der Waals surface area contributed by atoms with E-state index in [1.165, 1.54) is 38.5 Å². The van der Waals surface area contributed by atoms with Gasteiger partial charge < -0.3 is 10.6 Å². The Hall–Kier alpha value is -1.06. The third-order valence-corrected chi connectivity index (χ3v) is 3.53. The monoisotopic (exact) mass is 298 g/mol. The highest BCUT2D eigenvalue weighted by Gasteiger charge is 2.11. The lowest BCUT2D eigenvalue weighted by Gasteiger charge is -2.07. The van der Waals surface area contributed by atoms with Crippen LogP contribution in [-0.4, -0.2) is 24.9 Å². The Morgan fingerprint density at radius 3 is 1.76 bits per heavy atom. The van der Waals surface area contributed by atoms with E-state index in [2.05, 4.69) is 31.4 Å². The predicted octanol–water partition coefficient (Wildman–Crippen LogP) is 3.41. The normalized spacial score (nSPS) is 10.7. The molecule has 2 amide bonds. The van der Waals surface area contributed by atoms with E-state index in [0.717, 1.165) is 19.3 Å². The Labute approximate surface area is 130 Å². The minimum Gasteiger partial charge on any atom is -0.348 e. The van der Waals surface area contributed by atoms with Crippen molar-refractivity contribution in [1.29, 1.82) is 0 Å². The molecule has 0 fully saturated rings. The van der Waals surface area contributed by atoms with Crippen LogP contribution < -0.4 is 10.6 Å². The third kappa shape index (κ3) is 13.7. The first-order chi connectivity index (χ1) is 10.1. The molecule has 0 rings (SSSR count). The van der Waals surface area contributed by atoms with Crippen LogP contribution in [0.4, 0.5) is 0 Å². The Balaban J connectivity index is 3.38. The molecule has 0 spiro atoms. The van der Waals surface area contributed by atoms with Crippen molar-refractivity contribution < 1.29 is 9.59 Å². The molecule has 4 heteroatoms. The molecule has 124 valence electrons. The largest absolute Gasteiger partial charge is 0.348 e. The molecular formula is C17H34N2O2. The first kappa shape index (κ1) is 19.9. The lowest BCUT2D eigenvalue weighted by Crippen LogP contribution is -2.40. The zero-order chi connectivity index (χ0) is 15.9. The molecule has 0 radical (unpaired) electrons. The molecule has 0 aromatic heterocycles. The van der Waals surface area contributed by atoms with Gasteiger partial charge in [0.05, 0.1) is 0 Å². The number of rotatable bonds is 12. The maximum Gasteiger partial charge on any atom is 0.309 e. The SMILES string of the molecule is CCCCCCCCCCNC(=O)C(=O)NCCC(C)C. The molecule has 0 saturated heterocycles. The van der Waals surface area contributed by atoms with E-state index in [1.54, 1.807) is 0 Å². The summed E-state index contributed by atoms with van der Waals surface area (Å²) in [6.07, 6.45) is 10.8. The van der Waals surface area contributed by atoms with Crippen molar-refractivity contribution >= 4 is 11.8 Å². The van der Waals surface area contributed by atoms with Crippen LogP contribution >= 0.6 is 0 Å². The lowest BCUT2D eigenvalue weighted by molar-refractivity contribution is -0.139. The quantitative estimate of drug-likeness (QED) is 0.428. The second-order valence-corrected chi connectivity index (χ2v) is 6.17. The van der Waals surface area contributed by atoms with Crippen LogP contribution in [0, 0.1) is 5.92 Å². The summed E-state index contributed by atoms with van der Waals surface area (Å²) < 4.78 is 0. The molecule has 21 heavy (non-hydrogen) atoms. The summed E-state index contributed by atoms with van der Waals surface area (Å²) in [5.41, 5.74) is 0. The van der Waals surface area contributed by atoms with E-state index in [9.17, 15) is 9.59 Å². The molecule has 0 aliphatic rings. The van der Waals surface area contributed by atoms with Gasteiger partial charge in [0.15, 0.2) is 0 Å². The van der Waals surface area contributed by atoms with E-state index in [0.29, 0.717) is 19.0 Å². The minimum absolute atomic E-state index is 0.498. The van der Waals surface area contributed by atoms with Gasteiger partial charge in [-0.3, -0.25) is 9.59 Å². The van der Waals surface area contributed by atoms with E-state index in [-0.39, 0.29) is 0 Å². The van der Waals surface area contributed by atoms with Gasteiger partial charge in [0.2, 0.25) is 0 Å². The summed E-state index contributed by atoms with van der Waals surface area (Å²) >= 11 is 0. The van der Waals surface area contributed by atoms with Gasteiger partial charge in [-0.25, -0.2) is 0 Å². The fraction of sp³-hybridized carbons (Fsp3) is 0.882. The number of carbonyl (C=O) groups is 2.